The number of hydrogen-bond acceptors (Lipinski definition) is 3. The second-order valence-corrected chi connectivity index (χ2v) is 3.96. The van der Waals surface area contributed by atoms with Crippen LogP contribution in [0.15, 0.2) is 0 Å². The van der Waals surface area contributed by atoms with Crippen molar-refractivity contribution in [2.45, 2.75) is 39.5 Å². The zero-order chi connectivity index (χ0) is 13.5. The number of carboxylic acids is 2. The van der Waals surface area contributed by atoms with Crippen LogP contribution < -0.4 is 5.32 Å². The van der Waals surface area contributed by atoms with E-state index < -0.39 is 23.3 Å². The average Bonchev–Trinajstić information content (AvgIpc) is 2.25. The number of rotatable bonds is 8. The molecule has 98 valence electrons. The Balaban J connectivity index is 4.32. The number of carbonyl (C=O) groups excluding carboxylic acids is 1. The van der Waals surface area contributed by atoms with Crippen molar-refractivity contribution in [2.75, 3.05) is 6.54 Å². The molecule has 0 radical (unpaired) electrons. The van der Waals surface area contributed by atoms with Gasteiger partial charge in [0.25, 0.3) is 0 Å². The van der Waals surface area contributed by atoms with Crippen molar-refractivity contribution in [3.05, 3.63) is 0 Å². The van der Waals surface area contributed by atoms with Crippen LogP contribution in [0.2, 0.25) is 0 Å². The summed E-state index contributed by atoms with van der Waals surface area (Å²) in [5.41, 5.74) is -1.05. The third kappa shape index (κ3) is 4.84. The average molecular weight is 245 g/mol. The molecule has 0 spiro atoms. The Bertz CT molecular complexity index is 296. The summed E-state index contributed by atoms with van der Waals surface area (Å²) in [7, 11) is 0. The van der Waals surface area contributed by atoms with Crippen LogP contribution in [0.1, 0.15) is 39.5 Å². The van der Waals surface area contributed by atoms with E-state index in [4.69, 9.17) is 10.2 Å². The Morgan fingerprint density at radius 3 is 2.00 bits per heavy atom. The van der Waals surface area contributed by atoms with Crippen LogP contribution in [0.5, 0.6) is 0 Å². The van der Waals surface area contributed by atoms with E-state index in [2.05, 4.69) is 5.32 Å². The zero-order valence-corrected chi connectivity index (χ0v) is 10.2. The second-order valence-electron chi connectivity index (χ2n) is 3.96. The van der Waals surface area contributed by atoms with Gasteiger partial charge in [0, 0.05) is 13.0 Å². The molecule has 0 bridgehead atoms. The second kappa shape index (κ2) is 6.88. The van der Waals surface area contributed by atoms with Crippen LogP contribution in [0.25, 0.3) is 0 Å². The molecule has 0 atom stereocenters. The summed E-state index contributed by atoms with van der Waals surface area (Å²) in [4.78, 5) is 32.9. The van der Waals surface area contributed by atoms with E-state index in [-0.39, 0.29) is 19.4 Å². The van der Waals surface area contributed by atoms with Crippen LogP contribution in [0.4, 0.5) is 0 Å². The molecule has 0 unspecified atom stereocenters. The van der Waals surface area contributed by atoms with Gasteiger partial charge in [-0.25, -0.2) is 0 Å². The van der Waals surface area contributed by atoms with Crippen molar-refractivity contribution in [1.82, 2.24) is 5.32 Å². The summed E-state index contributed by atoms with van der Waals surface area (Å²) in [6.45, 7) is 3.47. The molecule has 3 N–H and O–H groups in total. The molecule has 0 aliphatic rings. The molecule has 17 heavy (non-hydrogen) atoms. The molecule has 0 aromatic rings. The lowest BCUT2D eigenvalue weighted by Gasteiger charge is -2.25. The third-order valence-corrected chi connectivity index (χ3v) is 2.97. The van der Waals surface area contributed by atoms with Gasteiger partial charge in [-0.3, -0.25) is 14.4 Å². The Kier molecular flexibility index (Phi) is 6.23. The summed E-state index contributed by atoms with van der Waals surface area (Å²) in [6.07, 6.45) is 0.454. The van der Waals surface area contributed by atoms with E-state index in [1.807, 2.05) is 0 Å². The minimum absolute atomic E-state index is 0.0251. The van der Waals surface area contributed by atoms with E-state index in [9.17, 15) is 14.4 Å². The van der Waals surface area contributed by atoms with Crippen LogP contribution in [-0.2, 0) is 14.4 Å². The molecule has 0 rings (SSSR count). The van der Waals surface area contributed by atoms with Crippen molar-refractivity contribution in [2.24, 2.45) is 5.41 Å². The lowest BCUT2D eigenvalue weighted by Crippen LogP contribution is -2.37. The monoisotopic (exact) mass is 245 g/mol. The number of carboxylic acid groups (broad SMARTS) is 2. The van der Waals surface area contributed by atoms with Crippen LogP contribution in [0.3, 0.4) is 0 Å². The zero-order valence-electron chi connectivity index (χ0n) is 10.2. The maximum Gasteiger partial charge on any atom is 0.310 e. The highest BCUT2D eigenvalue weighted by Crippen LogP contribution is 2.30. The molecule has 0 aliphatic heterocycles. The molecule has 6 heteroatoms. The van der Waals surface area contributed by atoms with Gasteiger partial charge in [-0.1, -0.05) is 13.8 Å². The molecule has 0 fully saturated rings. The number of amides is 1. The first kappa shape index (κ1) is 15.4. The first-order chi connectivity index (χ1) is 7.88. The largest absolute Gasteiger partial charge is 0.481 e. The summed E-state index contributed by atoms with van der Waals surface area (Å²) in [5, 5.41) is 19.9. The predicted molar refractivity (Wildman–Crippen MR) is 60.5 cm³/mol. The molecular weight excluding hydrogens is 226 g/mol. The van der Waals surface area contributed by atoms with Gasteiger partial charge in [0.1, 0.15) is 0 Å². The van der Waals surface area contributed by atoms with Gasteiger partial charge in [0.15, 0.2) is 0 Å². The first-order valence-corrected chi connectivity index (χ1v) is 5.60. The van der Waals surface area contributed by atoms with Gasteiger partial charge >= 0.3 is 11.9 Å². The van der Waals surface area contributed by atoms with Gasteiger partial charge in [-0.15, -0.1) is 0 Å². The highest BCUT2D eigenvalue weighted by Gasteiger charge is 2.36. The maximum atomic E-state index is 11.5. The fraction of sp³-hybridized carbons (Fsp3) is 0.727. The van der Waals surface area contributed by atoms with Crippen LogP contribution in [0, 0.1) is 5.41 Å². The molecule has 1 amide bonds. The van der Waals surface area contributed by atoms with Crippen LogP contribution >= 0.6 is 0 Å². The molecular formula is C11H19NO5. The molecule has 6 nitrogen and oxygen atoms in total. The minimum atomic E-state index is -1.05. The smallest absolute Gasteiger partial charge is 0.310 e. The highest BCUT2D eigenvalue weighted by molar-refractivity contribution is 5.85. The minimum Gasteiger partial charge on any atom is -0.481 e. The van der Waals surface area contributed by atoms with Gasteiger partial charge in [-0.2, -0.15) is 0 Å². The normalized spacial score (nSPS) is 10.9. The number of hydrogen-bond donors (Lipinski definition) is 3. The highest BCUT2D eigenvalue weighted by atomic mass is 16.4. The topological polar surface area (TPSA) is 104 Å². The molecule has 0 saturated heterocycles. The number of aliphatic carboxylic acids is 2. The summed E-state index contributed by atoms with van der Waals surface area (Å²) >= 11 is 0. The lowest BCUT2D eigenvalue weighted by molar-refractivity contribution is -0.152. The fourth-order valence-corrected chi connectivity index (χ4v) is 1.56. The Hall–Kier alpha value is -1.59. The molecule has 0 aliphatic carbocycles. The molecule has 0 aromatic heterocycles. The number of nitrogens with one attached hydrogen (secondary N) is 1. The van der Waals surface area contributed by atoms with Crippen molar-refractivity contribution in [3.63, 3.8) is 0 Å². The summed E-state index contributed by atoms with van der Waals surface area (Å²) < 4.78 is 0. The molecule has 0 saturated carbocycles. The van der Waals surface area contributed by atoms with Gasteiger partial charge < -0.3 is 15.5 Å². The Morgan fingerprint density at radius 2 is 1.65 bits per heavy atom. The van der Waals surface area contributed by atoms with Crippen molar-refractivity contribution < 1.29 is 24.6 Å². The van der Waals surface area contributed by atoms with Gasteiger partial charge in [0.2, 0.25) is 5.91 Å². The SMILES string of the molecule is CCC(CC)(CC(=O)NCCC(=O)O)C(=O)O. The van der Waals surface area contributed by atoms with Gasteiger partial charge in [-0.05, 0) is 12.8 Å². The summed E-state index contributed by atoms with van der Waals surface area (Å²) in [5.74, 6) is -2.41. The van der Waals surface area contributed by atoms with E-state index in [0.29, 0.717) is 12.8 Å². The van der Waals surface area contributed by atoms with E-state index in [0.717, 1.165) is 0 Å². The van der Waals surface area contributed by atoms with E-state index in [1.165, 1.54) is 0 Å². The van der Waals surface area contributed by atoms with Crippen LogP contribution in [-0.4, -0.2) is 34.6 Å². The quantitative estimate of drug-likeness (QED) is 0.588. The first-order valence-electron chi connectivity index (χ1n) is 5.60. The van der Waals surface area contributed by atoms with Gasteiger partial charge in [0.05, 0.1) is 11.8 Å². The van der Waals surface area contributed by atoms with E-state index >= 15 is 0 Å². The fourth-order valence-electron chi connectivity index (χ4n) is 1.56. The van der Waals surface area contributed by atoms with Crippen molar-refractivity contribution >= 4 is 17.8 Å². The summed E-state index contributed by atoms with van der Waals surface area (Å²) in [6, 6.07) is 0. The number of carbonyl (C=O) groups is 3. The Morgan fingerprint density at radius 1 is 1.12 bits per heavy atom. The van der Waals surface area contributed by atoms with E-state index in [1.54, 1.807) is 13.8 Å². The molecule has 0 aromatic carbocycles. The predicted octanol–water partition coefficient (Wildman–Crippen LogP) is 0.858. The third-order valence-electron chi connectivity index (χ3n) is 2.97. The standard InChI is InChI=1S/C11H19NO5/c1-3-11(4-2,10(16)17)7-8(13)12-6-5-9(14)15/h3-7H2,1-2H3,(H,12,13)(H,14,15)(H,16,17). The van der Waals surface area contributed by atoms with Crippen molar-refractivity contribution in [3.8, 4) is 0 Å². The maximum absolute atomic E-state index is 11.5. The van der Waals surface area contributed by atoms with Crippen molar-refractivity contribution in [1.29, 1.82) is 0 Å². The molecule has 0 heterocycles. The Labute approximate surface area is 100 Å². The lowest BCUT2D eigenvalue weighted by atomic mass is 9.79.